The number of hydrogen-bond donors (Lipinski definition) is 1. The van der Waals surface area contributed by atoms with Crippen LogP contribution < -0.4 is 5.43 Å². The minimum atomic E-state index is -0.522. The molecule has 152 valence electrons. The Morgan fingerprint density at radius 3 is 1.96 bits per heavy atom. The molecule has 0 aromatic heterocycles. The second kappa shape index (κ2) is 12.0. The van der Waals surface area contributed by atoms with Crippen LogP contribution in [0, 0.1) is 0 Å². The van der Waals surface area contributed by atoms with Gasteiger partial charge in [0.05, 0.1) is 5.54 Å². The molecule has 0 aliphatic carbocycles. The number of unbranched alkanes of at least 4 members (excludes halogenated alkanes) is 7. The average Bonchev–Trinajstić information content (AvgIpc) is 2.61. The number of nitrogens with zero attached hydrogens (tertiary/aromatic N) is 1. The highest BCUT2D eigenvalue weighted by molar-refractivity contribution is 6.30. The first-order chi connectivity index (χ1) is 12.8. The van der Waals surface area contributed by atoms with Crippen LogP contribution in [-0.2, 0) is 4.79 Å². The van der Waals surface area contributed by atoms with Crippen LogP contribution in [0.25, 0.3) is 0 Å². The van der Waals surface area contributed by atoms with Crippen LogP contribution in [0.3, 0.4) is 0 Å². The van der Waals surface area contributed by atoms with E-state index in [0.29, 0.717) is 17.0 Å². The molecule has 0 radical (unpaired) electrons. The van der Waals surface area contributed by atoms with E-state index in [1.165, 1.54) is 43.5 Å². The van der Waals surface area contributed by atoms with Crippen molar-refractivity contribution < 1.29 is 9.59 Å². The summed E-state index contributed by atoms with van der Waals surface area (Å²) < 4.78 is 0. The molecule has 0 saturated heterocycles. The molecule has 2 amide bonds. The van der Waals surface area contributed by atoms with Crippen molar-refractivity contribution in [2.45, 2.75) is 91.0 Å². The predicted octanol–water partition coefficient (Wildman–Crippen LogP) is 6.14. The van der Waals surface area contributed by atoms with Gasteiger partial charge in [-0.1, -0.05) is 63.5 Å². The quantitative estimate of drug-likeness (QED) is 0.382. The van der Waals surface area contributed by atoms with Gasteiger partial charge in [-0.3, -0.25) is 15.0 Å². The molecule has 0 bridgehead atoms. The largest absolute Gasteiger partial charge is 0.273 e. The minimum absolute atomic E-state index is 0.113. The normalized spacial score (nSPS) is 11.3. The minimum Gasteiger partial charge on any atom is -0.273 e. The Kier molecular flexibility index (Phi) is 10.5. The van der Waals surface area contributed by atoms with Crippen molar-refractivity contribution in [1.29, 1.82) is 0 Å². The molecule has 0 atom stereocenters. The van der Waals surface area contributed by atoms with Gasteiger partial charge in [0, 0.05) is 17.0 Å². The van der Waals surface area contributed by atoms with Crippen molar-refractivity contribution in [2.24, 2.45) is 0 Å². The fourth-order valence-corrected chi connectivity index (χ4v) is 2.97. The molecule has 0 spiro atoms. The number of benzene rings is 1. The predicted molar refractivity (Wildman–Crippen MR) is 113 cm³/mol. The van der Waals surface area contributed by atoms with Crippen molar-refractivity contribution in [3.05, 3.63) is 34.9 Å². The van der Waals surface area contributed by atoms with E-state index in [1.54, 1.807) is 24.3 Å². The smallest absolute Gasteiger partial charge is 0.272 e. The van der Waals surface area contributed by atoms with E-state index in [9.17, 15) is 9.59 Å². The lowest BCUT2D eigenvalue weighted by Gasteiger charge is -2.35. The molecule has 1 rings (SSSR count). The highest BCUT2D eigenvalue weighted by Gasteiger charge is 2.29. The summed E-state index contributed by atoms with van der Waals surface area (Å²) in [7, 11) is 0. The molecular formula is C22H35ClN2O2. The van der Waals surface area contributed by atoms with E-state index in [1.807, 2.05) is 20.8 Å². The van der Waals surface area contributed by atoms with Crippen LogP contribution in [0.2, 0.25) is 5.02 Å². The lowest BCUT2D eigenvalue weighted by Crippen LogP contribution is -2.55. The van der Waals surface area contributed by atoms with E-state index in [4.69, 9.17) is 11.6 Å². The first-order valence-electron chi connectivity index (χ1n) is 10.2. The van der Waals surface area contributed by atoms with Crippen molar-refractivity contribution in [2.75, 3.05) is 0 Å². The monoisotopic (exact) mass is 394 g/mol. The number of halogens is 1. The third-order valence-corrected chi connectivity index (χ3v) is 4.71. The summed E-state index contributed by atoms with van der Waals surface area (Å²) in [5.74, 6) is -0.346. The molecular weight excluding hydrogens is 360 g/mol. The highest BCUT2D eigenvalue weighted by Crippen LogP contribution is 2.17. The number of hydrogen-bond acceptors (Lipinski definition) is 2. The molecule has 1 aromatic rings. The maximum absolute atomic E-state index is 12.8. The van der Waals surface area contributed by atoms with Gasteiger partial charge in [0.25, 0.3) is 5.91 Å². The topological polar surface area (TPSA) is 49.4 Å². The lowest BCUT2D eigenvalue weighted by atomic mass is 10.1. The van der Waals surface area contributed by atoms with Crippen molar-refractivity contribution in [3.8, 4) is 0 Å². The van der Waals surface area contributed by atoms with E-state index in [2.05, 4.69) is 12.3 Å². The van der Waals surface area contributed by atoms with Gasteiger partial charge in [-0.2, -0.15) is 0 Å². The number of carbonyl (C=O) groups excluding carboxylic acids is 2. The number of hydrazine groups is 1. The summed E-state index contributed by atoms with van der Waals surface area (Å²) in [5.41, 5.74) is 2.78. The number of rotatable bonds is 10. The van der Waals surface area contributed by atoms with Crippen LogP contribution in [0.1, 0.15) is 95.8 Å². The van der Waals surface area contributed by atoms with Gasteiger partial charge in [-0.25, -0.2) is 5.01 Å². The second-order valence-electron chi connectivity index (χ2n) is 8.08. The lowest BCUT2D eigenvalue weighted by molar-refractivity contribution is -0.127. The summed E-state index contributed by atoms with van der Waals surface area (Å²) >= 11 is 5.89. The molecule has 1 N–H and O–H groups in total. The molecule has 0 aliphatic heterocycles. The summed E-state index contributed by atoms with van der Waals surface area (Å²) in [4.78, 5) is 25.1. The summed E-state index contributed by atoms with van der Waals surface area (Å²) in [6.07, 6.45) is 9.93. The van der Waals surface area contributed by atoms with E-state index < -0.39 is 5.54 Å². The molecule has 27 heavy (non-hydrogen) atoms. The van der Waals surface area contributed by atoms with Crippen LogP contribution in [-0.4, -0.2) is 22.4 Å². The average molecular weight is 395 g/mol. The first-order valence-corrected chi connectivity index (χ1v) is 10.5. The van der Waals surface area contributed by atoms with Crippen molar-refractivity contribution in [1.82, 2.24) is 10.4 Å². The molecule has 1 aromatic carbocycles. The van der Waals surface area contributed by atoms with Crippen molar-refractivity contribution >= 4 is 23.4 Å². The van der Waals surface area contributed by atoms with Gasteiger partial charge in [0.2, 0.25) is 5.91 Å². The second-order valence-corrected chi connectivity index (χ2v) is 8.51. The Labute approximate surface area is 169 Å². The van der Waals surface area contributed by atoms with Gasteiger partial charge in [-0.15, -0.1) is 0 Å². The molecule has 0 unspecified atom stereocenters. The number of nitrogens with one attached hydrogen (secondary N) is 1. The maximum Gasteiger partial charge on any atom is 0.272 e. The van der Waals surface area contributed by atoms with Gasteiger partial charge in [-0.05, 0) is 51.5 Å². The number of carbonyl (C=O) groups is 2. The maximum atomic E-state index is 12.8. The van der Waals surface area contributed by atoms with Crippen LogP contribution >= 0.6 is 11.6 Å². The zero-order valence-corrected chi connectivity index (χ0v) is 18.1. The Bertz CT molecular complexity index is 579. The SMILES string of the molecule is CCCCCCCCCCC(=O)NN(C(=O)c1ccc(Cl)cc1)C(C)(C)C. The van der Waals surface area contributed by atoms with Gasteiger partial charge in [0.15, 0.2) is 0 Å². The summed E-state index contributed by atoms with van der Waals surface area (Å²) in [6, 6.07) is 6.71. The molecule has 4 nitrogen and oxygen atoms in total. The third-order valence-electron chi connectivity index (χ3n) is 4.46. The third kappa shape index (κ3) is 9.28. The number of amides is 2. The Balaban J connectivity index is 2.46. The van der Waals surface area contributed by atoms with Gasteiger partial charge in [0.1, 0.15) is 0 Å². The van der Waals surface area contributed by atoms with Gasteiger partial charge < -0.3 is 0 Å². The molecule has 0 heterocycles. The van der Waals surface area contributed by atoms with Gasteiger partial charge >= 0.3 is 0 Å². The zero-order chi connectivity index (χ0) is 20.3. The van der Waals surface area contributed by atoms with Crippen LogP contribution in [0.5, 0.6) is 0 Å². The first kappa shape index (κ1) is 23.5. The van der Waals surface area contributed by atoms with E-state index in [0.717, 1.165) is 12.8 Å². The van der Waals surface area contributed by atoms with Crippen LogP contribution in [0.15, 0.2) is 24.3 Å². The fourth-order valence-electron chi connectivity index (χ4n) is 2.84. The summed E-state index contributed by atoms with van der Waals surface area (Å²) in [5, 5.41) is 2.00. The summed E-state index contributed by atoms with van der Waals surface area (Å²) in [6.45, 7) is 7.92. The highest BCUT2D eigenvalue weighted by atomic mass is 35.5. The molecule has 0 fully saturated rings. The Morgan fingerprint density at radius 1 is 0.926 bits per heavy atom. The van der Waals surface area contributed by atoms with E-state index >= 15 is 0 Å². The Morgan fingerprint density at radius 2 is 1.44 bits per heavy atom. The fraction of sp³-hybridized carbons (Fsp3) is 0.636. The van der Waals surface area contributed by atoms with E-state index in [-0.39, 0.29) is 11.8 Å². The van der Waals surface area contributed by atoms with Crippen LogP contribution in [0.4, 0.5) is 0 Å². The van der Waals surface area contributed by atoms with Crippen molar-refractivity contribution in [3.63, 3.8) is 0 Å². The zero-order valence-electron chi connectivity index (χ0n) is 17.3. The Hall–Kier alpha value is -1.55. The molecule has 0 aliphatic rings. The standard InChI is InChI=1S/C22H35ClN2O2/c1-5-6-7-8-9-10-11-12-13-20(26)24-25(22(2,3)4)21(27)18-14-16-19(23)17-15-18/h14-17H,5-13H2,1-4H3,(H,24,26). The molecule has 5 heteroatoms. The molecule has 0 saturated carbocycles.